The zero-order valence-electron chi connectivity index (χ0n) is 10.8. The molecule has 98 valence electrons. The number of aryl methyl sites for hydroxylation is 1. The molecule has 0 saturated carbocycles. The van der Waals surface area contributed by atoms with Gasteiger partial charge in [-0.15, -0.1) is 0 Å². The van der Waals surface area contributed by atoms with Crippen molar-refractivity contribution in [2.75, 3.05) is 12.8 Å². The topological polar surface area (TPSA) is 83.2 Å². The normalized spacial score (nSPS) is 10.0. The van der Waals surface area contributed by atoms with Gasteiger partial charge in [0.2, 0.25) is 5.88 Å². The third-order valence-electron chi connectivity index (χ3n) is 2.42. The lowest BCUT2D eigenvalue weighted by atomic mass is 10.2. The van der Waals surface area contributed by atoms with E-state index in [0.717, 1.165) is 5.56 Å². The van der Waals surface area contributed by atoms with Crippen molar-refractivity contribution in [1.29, 1.82) is 0 Å². The molecule has 0 unspecified atom stereocenters. The first-order valence-electron chi connectivity index (χ1n) is 5.57. The second kappa shape index (κ2) is 5.34. The molecule has 0 fully saturated rings. The minimum absolute atomic E-state index is 0.276. The molecule has 0 aliphatic carbocycles. The van der Waals surface area contributed by atoms with Crippen LogP contribution in [-0.4, -0.2) is 22.1 Å². The number of ether oxygens (including phenoxy) is 2. The summed E-state index contributed by atoms with van der Waals surface area (Å²) in [6.07, 6.45) is 4.76. The molecule has 6 heteroatoms. The third kappa shape index (κ3) is 2.79. The molecule has 0 atom stereocenters. The van der Waals surface area contributed by atoms with Gasteiger partial charge in [-0.3, -0.25) is 0 Å². The summed E-state index contributed by atoms with van der Waals surface area (Å²) >= 11 is 0. The Morgan fingerprint density at radius 1 is 1.26 bits per heavy atom. The Kier molecular flexibility index (Phi) is 3.61. The van der Waals surface area contributed by atoms with Crippen LogP contribution in [0.25, 0.3) is 6.08 Å². The molecule has 0 saturated heterocycles. The summed E-state index contributed by atoms with van der Waals surface area (Å²) in [5.41, 5.74) is 6.51. The molecule has 0 amide bonds. The number of methoxy groups -OCH3 is 1. The van der Waals surface area contributed by atoms with Gasteiger partial charge in [-0.2, -0.15) is 0 Å². The Hall–Kier alpha value is -2.63. The summed E-state index contributed by atoms with van der Waals surface area (Å²) in [5, 5.41) is 0. The molecule has 2 heterocycles. The van der Waals surface area contributed by atoms with Gasteiger partial charge in [0.25, 0.3) is 0 Å². The lowest BCUT2D eigenvalue weighted by Crippen LogP contribution is -2.00. The number of anilines is 1. The van der Waals surface area contributed by atoms with E-state index in [9.17, 15) is 0 Å². The highest BCUT2D eigenvalue weighted by atomic mass is 16.5. The van der Waals surface area contributed by atoms with Crippen LogP contribution in [0.2, 0.25) is 0 Å². The molecular formula is C13H14N4O2. The quantitative estimate of drug-likeness (QED) is 0.905. The van der Waals surface area contributed by atoms with E-state index in [1.54, 1.807) is 25.3 Å². The second-order valence-electron chi connectivity index (χ2n) is 3.74. The second-order valence-corrected chi connectivity index (χ2v) is 3.74. The van der Waals surface area contributed by atoms with Gasteiger partial charge in [-0.1, -0.05) is 12.7 Å². The molecule has 0 bridgehead atoms. The van der Waals surface area contributed by atoms with Crippen LogP contribution in [0.3, 0.4) is 0 Å². The molecule has 6 nitrogen and oxygen atoms in total. The maximum Gasteiger partial charge on any atom is 0.216 e. The molecule has 2 aromatic heterocycles. The molecule has 19 heavy (non-hydrogen) atoms. The Bertz CT molecular complexity index is 614. The number of hydrogen-bond donors (Lipinski definition) is 1. The molecule has 0 aromatic carbocycles. The van der Waals surface area contributed by atoms with Gasteiger partial charge in [0.15, 0.2) is 11.6 Å². The Labute approximate surface area is 110 Å². The van der Waals surface area contributed by atoms with Gasteiger partial charge in [0.1, 0.15) is 11.6 Å². The number of nitrogens with two attached hydrogens (primary N) is 1. The van der Waals surface area contributed by atoms with Gasteiger partial charge in [-0.25, -0.2) is 15.0 Å². The highest BCUT2D eigenvalue weighted by Crippen LogP contribution is 2.30. The summed E-state index contributed by atoms with van der Waals surface area (Å²) in [6.45, 7) is 5.46. The van der Waals surface area contributed by atoms with E-state index in [1.807, 2.05) is 0 Å². The third-order valence-corrected chi connectivity index (χ3v) is 2.42. The highest BCUT2D eigenvalue weighted by molar-refractivity contribution is 5.58. The van der Waals surface area contributed by atoms with Crippen molar-refractivity contribution in [1.82, 2.24) is 15.0 Å². The summed E-state index contributed by atoms with van der Waals surface area (Å²) in [7, 11) is 1.53. The zero-order valence-corrected chi connectivity index (χ0v) is 10.8. The number of nitrogen functional groups attached to an aromatic ring is 1. The Balaban J connectivity index is 2.38. The predicted molar refractivity (Wildman–Crippen MR) is 72.1 cm³/mol. The first-order chi connectivity index (χ1) is 9.13. The number of hydrogen-bond acceptors (Lipinski definition) is 6. The molecule has 2 N–H and O–H groups in total. The van der Waals surface area contributed by atoms with Gasteiger partial charge in [0, 0.05) is 17.8 Å². The van der Waals surface area contributed by atoms with Crippen LogP contribution < -0.4 is 15.2 Å². The van der Waals surface area contributed by atoms with Crippen molar-refractivity contribution >= 4 is 11.9 Å². The van der Waals surface area contributed by atoms with Gasteiger partial charge in [0.05, 0.1) is 13.3 Å². The molecule has 2 aromatic rings. The lowest BCUT2D eigenvalue weighted by Gasteiger charge is -2.11. The van der Waals surface area contributed by atoms with E-state index in [0.29, 0.717) is 23.2 Å². The zero-order chi connectivity index (χ0) is 13.8. The van der Waals surface area contributed by atoms with Crippen LogP contribution in [0.4, 0.5) is 5.82 Å². The van der Waals surface area contributed by atoms with E-state index >= 15 is 0 Å². The largest absolute Gasteiger partial charge is 0.481 e. The minimum atomic E-state index is 0.276. The molecule has 0 aliphatic heterocycles. The predicted octanol–water partition coefficient (Wildman–Crippen LogP) is 2.21. The van der Waals surface area contributed by atoms with Crippen molar-refractivity contribution in [3.8, 4) is 17.4 Å². The van der Waals surface area contributed by atoms with Gasteiger partial charge < -0.3 is 15.2 Å². The fourth-order valence-corrected chi connectivity index (χ4v) is 1.46. The highest BCUT2D eigenvalue weighted by Gasteiger charge is 2.09. The number of nitrogens with zero attached hydrogens (tertiary/aromatic N) is 3. The molecule has 0 radical (unpaired) electrons. The summed E-state index contributed by atoms with van der Waals surface area (Å²) in [6, 6.07) is 1.65. The van der Waals surface area contributed by atoms with E-state index in [2.05, 4.69) is 21.5 Å². The monoisotopic (exact) mass is 258 g/mol. The minimum Gasteiger partial charge on any atom is -0.481 e. The fourth-order valence-electron chi connectivity index (χ4n) is 1.46. The first kappa shape index (κ1) is 12.8. The Morgan fingerprint density at radius 2 is 2.05 bits per heavy atom. The Morgan fingerprint density at radius 3 is 2.68 bits per heavy atom. The van der Waals surface area contributed by atoms with Crippen molar-refractivity contribution < 1.29 is 9.47 Å². The number of pyridine rings is 1. The molecule has 0 spiro atoms. The standard InChI is InChI=1S/C13H14N4O2/c1-4-9-6-16-12(18-3)5-10(9)19-11-7-15-8(2)17-13(11)14/h4-7H,1H2,2-3H3,(H2,14,15,17). The fraction of sp³-hybridized carbons (Fsp3) is 0.154. The van der Waals surface area contributed by atoms with Crippen molar-refractivity contribution in [2.24, 2.45) is 0 Å². The first-order valence-corrected chi connectivity index (χ1v) is 5.57. The van der Waals surface area contributed by atoms with Gasteiger partial charge in [-0.05, 0) is 6.92 Å². The van der Waals surface area contributed by atoms with Crippen molar-refractivity contribution in [3.63, 3.8) is 0 Å². The van der Waals surface area contributed by atoms with E-state index in [1.165, 1.54) is 13.3 Å². The summed E-state index contributed by atoms with van der Waals surface area (Å²) in [5.74, 6) is 2.20. The van der Waals surface area contributed by atoms with Crippen LogP contribution in [0.15, 0.2) is 25.0 Å². The van der Waals surface area contributed by atoms with Crippen LogP contribution in [0.5, 0.6) is 17.4 Å². The van der Waals surface area contributed by atoms with Crippen LogP contribution in [0.1, 0.15) is 11.4 Å². The lowest BCUT2D eigenvalue weighted by molar-refractivity contribution is 0.392. The maximum atomic E-state index is 5.78. The summed E-state index contributed by atoms with van der Waals surface area (Å²) < 4.78 is 10.7. The summed E-state index contributed by atoms with van der Waals surface area (Å²) in [4.78, 5) is 12.2. The van der Waals surface area contributed by atoms with Crippen LogP contribution in [0, 0.1) is 6.92 Å². The van der Waals surface area contributed by atoms with E-state index in [4.69, 9.17) is 15.2 Å². The maximum absolute atomic E-state index is 5.78. The SMILES string of the molecule is C=Cc1cnc(OC)cc1Oc1cnc(C)nc1N. The van der Waals surface area contributed by atoms with Crippen molar-refractivity contribution in [2.45, 2.75) is 6.92 Å². The smallest absolute Gasteiger partial charge is 0.216 e. The average Bonchev–Trinajstić information content (AvgIpc) is 2.41. The average molecular weight is 258 g/mol. The van der Waals surface area contributed by atoms with E-state index < -0.39 is 0 Å². The molecule has 0 aliphatic rings. The van der Waals surface area contributed by atoms with Crippen LogP contribution >= 0.6 is 0 Å². The number of rotatable bonds is 4. The molecular weight excluding hydrogens is 244 g/mol. The van der Waals surface area contributed by atoms with Crippen molar-refractivity contribution in [3.05, 3.63) is 36.4 Å². The molecule has 2 rings (SSSR count). The van der Waals surface area contributed by atoms with Gasteiger partial charge >= 0.3 is 0 Å². The van der Waals surface area contributed by atoms with Crippen LogP contribution in [-0.2, 0) is 0 Å². The van der Waals surface area contributed by atoms with E-state index in [-0.39, 0.29) is 5.82 Å². The number of aromatic nitrogens is 3.